The molecule has 0 aliphatic carbocycles. The second kappa shape index (κ2) is 10.2. The van der Waals surface area contributed by atoms with Crippen LogP contribution < -0.4 is 0 Å². The van der Waals surface area contributed by atoms with E-state index in [4.69, 9.17) is 9.15 Å². The summed E-state index contributed by atoms with van der Waals surface area (Å²) in [7, 11) is -4.05. The molecule has 5 rings (SSSR count). The Morgan fingerprint density at radius 3 is 2.68 bits per heavy atom. The number of oxazole rings is 1. The van der Waals surface area contributed by atoms with Crippen LogP contribution in [0.5, 0.6) is 0 Å². The van der Waals surface area contributed by atoms with E-state index in [0.717, 1.165) is 40.2 Å². The highest BCUT2D eigenvalue weighted by molar-refractivity contribution is 7.90. The van der Waals surface area contributed by atoms with Crippen molar-refractivity contribution in [1.29, 1.82) is 0 Å². The zero-order valence-corrected chi connectivity index (χ0v) is 21.0. The maximum absolute atomic E-state index is 14.3. The van der Waals surface area contributed by atoms with Gasteiger partial charge in [-0.05, 0) is 37.5 Å². The van der Waals surface area contributed by atoms with Crippen LogP contribution in [-0.4, -0.2) is 41.5 Å². The lowest BCUT2D eigenvalue weighted by Crippen LogP contribution is -2.39. The summed E-state index contributed by atoms with van der Waals surface area (Å²) in [6.07, 6.45) is 3.29. The topological polar surface area (TPSA) is 94.6 Å². The lowest BCUT2D eigenvalue weighted by atomic mass is 9.98. The van der Waals surface area contributed by atoms with Crippen LogP contribution in [0.15, 0.2) is 82.4 Å². The van der Waals surface area contributed by atoms with E-state index in [1.54, 1.807) is 17.0 Å². The smallest absolute Gasteiger partial charge is 0.410 e. The number of carbonyl (C=O) groups is 1. The van der Waals surface area contributed by atoms with Crippen molar-refractivity contribution in [2.45, 2.75) is 37.2 Å². The molecule has 1 aliphatic rings. The quantitative estimate of drug-likeness (QED) is 0.338. The zero-order valence-electron chi connectivity index (χ0n) is 20.2. The third-order valence-corrected chi connectivity index (χ3v) is 8.04. The normalized spacial score (nSPS) is 16.1. The fourth-order valence-corrected chi connectivity index (χ4v) is 5.72. The Hall–Kier alpha value is -3.92. The Labute approximate surface area is 214 Å². The van der Waals surface area contributed by atoms with Gasteiger partial charge in [0.1, 0.15) is 24.4 Å². The number of carbonyl (C=O) groups excluding carboxylic acids is 1. The Morgan fingerprint density at radius 1 is 1.16 bits per heavy atom. The number of rotatable bonds is 6. The van der Waals surface area contributed by atoms with Gasteiger partial charge in [0, 0.05) is 19.2 Å². The molecular formula is C27H26FN3O5S. The molecule has 0 spiro atoms. The average Bonchev–Trinajstić information content (AvgIpc) is 3.56. The van der Waals surface area contributed by atoms with Gasteiger partial charge < -0.3 is 14.1 Å². The van der Waals surface area contributed by atoms with Crippen molar-refractivity contribution in [3.05, 3.63) is 96.0 Å². The van der Waals surface area contributed by atoms with E-state index in [-0.39, 0.29) is 28.8 Å². The molecule has 37 heavy (non-hydrogen) atoms. The van der Waals surface area contributed by atoms with Crippen molar-refractivity contribution in [1.82, 2.24) is 13.9 Å². The Morgan fingerprint density at radius 2 is 1.92 bits per heavy atom. The second-order valence-corrected chi connectivity index (χ2v) is 10.9. The summed E-state index contributed by atoms with van der Waals surface area (Å²) in [5.74, 6) is -0.551. The molecule has 1 saturated heterocycles. The number of amides is 1. The summed E-state index contributed by atoms with van der Waals surface area (Å²) in [6.45, 7) is 2.94. The summed E-state index contributed by atoms with van der Waals surface area (Å²) in [5, 5.41) is 0. The maximum Gasteiger partial charge on any atom is 0.410 e. The molecule has 0 saturated carbocycles. The Bertz CT molecular complexity index is 1500. The van der Waals surface area contributed by atoms with Crippen LogP contribution in [0.2, 0.25) is 0 Å². The largest absolute Gasteiger partial charge is 0.448 e. The van der Waals surface area contributed by atoms with Gasteiger partial charge in [-0.25, -0.2) is 26.6 Å². The molecule has 0 unspecified atom stereocenters. The first kappa shape index (κ1) is 24.8. The molecule has 4 aromatic rings. The highest BCUT2D eigenvalue weighted by Gasteiger charge is 2.30. The molecule has 0 bridgehead atoms. The number of piperidine rings is 1. The number of ether oxygens (including phenoxy) is 1. The fraction of sp³-hybridized carbons (Fsp3) is 0.259. The average molecular weight is 524 g/mol. The SMILES string of the molecule is Cc1ccc(S(=O)(=O)n2cc(F)cc2-c2coc([C@H]3CCCN(C(=O)OCc4ccccc4)C3)n2)cc1. The van der Waals surface area contributed by atoms with E-state index in [9.17, 15) is 17.6 Å². The van der Waals surface area contributed by atoms with Gasteiger partial charge in [0.05, 0.1) is 22.7 Å². The summed E-state index contributed by atoms with van der Waals surface area (Å²) in [6, 6.07) is 16.9. The molecule has 2 aromatic carbocycles. The van der Waals surface area contributed by atoms with Crippen molar-refractivity contribution >= 4 is 16.1 Å². The van der Waals surface area contributed by atoms with Crippen molar-refractivity contribution in [2.75, 3.05) is 13.1 Å². The van der Waals surface area contributed by atoms with Crippen LogP contribution in [0.1, 0.15) is 35.8 Å². The Kier molecular flexibility index (Phi) is 6.84. The molecule has 1 fully saturated rings. The third-order valence-electron chi connectivity index (χ3n) is 6.35. The minimum atomic E-state index is -4.05. The van der Waals surface area contributed by atoms with E-state index in [1.165, 1.54) is 18.4 Å². The van der Waals surface area contributed by atoms with E-state index in [0.29, 0.717) is 19.0 Å². The monoisotopic (exact) mass is 523 g/mol. The minimum absolute atomic E-state index is 0.0376. The van der Waals surface area contributed by atoms with Crippen molar-refractivity contribution < 1.29 is 26.8 Å². The summed E-state index contributed by atoms with van der Waals surface area (Å²) in [4.78, 5) is 18.8. The lowest BCUT2D eigenvalue weighted by molar-refractivity contribution is 0.0839. The standard InChI is InChI=1S/C27H26FN3O5S/c1-19-9-11-23(12-10-19)37(33,34)31-16-22(28)14-25(31)24-18-35-26(29-24)21-8-5-13-30(15-21)27(32)36-17-20-6-3-2-4-7-20/h2-4,6-7,9-12,14,16,18,21H,5,8,13,15,17H2,1H3/t21-/m0/s1. The van der Waals surface area contributed by atoms with Gasteiger partial charge in [-0.1, -0.05) is 48.0 Å². The second-order valence-electron chi connectivity index (χ2n) is 9.05. The number of hydrogen-bond acceptors (Lipinski definition) is 6. The molecule has 1 amide bonds. The molecule has 192 valence electrons. The maximum atomic E-state index is 14.3. The molecule has 0 N–H and O–H groups in total. The molecule has 3 heterocycles. The van der Waals surface area contributed by atoms with Crippen LogP contribution >= 0.6 is 0 Å². The molecule has 1 aliphatic heterocycles. The first-order valence-corrected chi connectivity index (χ1v) is 13.4. The van der Waals surface area contributed by atoms with E-state index < -0.39 is 21.9 Å². The number of aryl methyl sites for hydroxylation is 1. The molecule has 2 aromatic heterocycles. The predicted molar refractivity (Wildman–Crippen MR) is 134 cm³/mol. The van der Waals surface area contributed by atoms with Crippen LogP contribution in [0.4, 0.5) is 9.18 Å². The van der Waals surface area contributed by atoms with Crippen LogP contribution in [-0.2, 0) is 21.4 Å². The van der Waals surface area contributed by atoms with Gasteiger partial charge in [-0.15, -0.1) is 0 Å². The van der Waals surface area contributed by atoms with Crippen LogP contribution in [0.3, 0.4) is 0 Å². The van der Waals surface area contributed by atoms with Gasteiger partial charge in [0.15, 0.2) is 5.89 Å². The zero-order chi connectivity index (χ0) is 26.0. The van der Waals surface area contributed by atoms with Crippen molar-refractivity contribution in [2.24, 2.45) is 0 Å². The van der Waals surface area contributed by atoms with Gasteiger partial charge >= 0.3 is 6.09 Å². The molecule has 0 radical (unpaired) electrons. The lowest BCUT2D eigenvalue weighted by Gasteiger charge is -2.30. The van der Waals surface area contributed by atoms with Crippen molar-refractivity contribution in [3.8, 4) is 11.4 Å². The molecule has 10 heteroatoms. The fourth-order valence-electron chi connectivity index (χ4n) is 4.37. The summed E-state index contributed by atoms with van der Waals surface area (Å²) < 4.78 is 52.8. The highest BCUT2D eigenvalue weighted by atomic mass is 32.2. The summed E-state index contributed by atoms with van der Waals surface area (Å²) in [5.41, 5.74) is 2.06. The summed E-state index contributed by atoms with van der Waals surface area (Å²) >= 11 is 0. The molecule has 1 atom stereocenters. The van der Waals surface area contributed by atoms with E-state index >= 15 is 0 Å². The first-order valence-electron chi connectivity index (χ1n) is 11.9. The van der Waals surface area contributed by atoms with Crippen LogP contribution in [0, 0.1) is 12.7 Å². The number of benzene rings is 2. The number of hydrogen-bond donors (Lipinski definition) is 0. The van der Waals surface area contributed by atoms with Gasteiger partial charge in [0.2, 0.25) is 0 Å². The predicted octanol–water partition coefficient (Wildman–Crippen LogP) is 5.34. The van der Waals surface area contributed by atoms with Crippen molar-refractivity contribution in [3.63, 3.8) is 0 Å². The van der Waals surface area contributed by atoms with E-state index in [2.05, 4.69) is 4.98 Å². The van der Waals surface area contributed by atoms with Gasteiger partial charge in [-0.3, -0.25) is 0 Å². The highest BCUT2D eigenvalue weighted by Crippen LogP contribution is 2.31. The number of aromatic nitrogens is 2. The first-order chi connectivity index (χ1) is 17.8. The number of nitrogens with zero attached hydrogens (tertiary/aromatic N) is 3. The minimum Gasteiger partial charge on any atom is -0.448 e. The van der Waals surface area contributed by atoms with E-state index in [1.807, 2.05) is 37.3 Å². The van der Waals surface area contributed by atoms with Gasteiger partial charge in [-0.2, -0.15) is 0 Å². The number of halogens is 1. The Balaban J connectivity index is 1.33. The third kappa shape index (κ3) is 5.29. The molecule has 8 nitrogen and oxygen atoms in total. The number of likely N-dealkylation sites (tertiary alicyclic amines) is 1. The molecular weight excluding hydrogens is 497 g/mol. The van der Waals surface area contributed by atoms with Crippen LogP contribution in [0.25, 0.3) is 11.4 Å². The van der Waals surface area contributed by atoms with Gasteiger partial charge in [0.25, 0.3) is 10.0 Å².